The summed E-state index contributed by atoms with van der Waals surface area (Å²) in [5, 5.41) is 12.1. The normalized spacial score (nSPS) is 12.6. The molecule has 0 saturated carbocycles. The Morgan fingerprint density at radius 3 is 2.83 bits per heavy atom. The summed E-state index contributed by atoms with van der Waals surface area (Å²) in [7, 11) is 0. The van der Waals surface area contributed by atoms with Gasteiger partial charge in [0.1, 0.15) is 0 Å². The summed E-state index contributed by atoms with van der Waals surface area (Å²) in [5.41, 5.74) is 0. The third-order valence-corrected chi connectivity index (χ3v) is 2.16. The summed E-state index contributed by atoms with van der Waals surface area (Å²) >= 11 is 3.38. The molecule has 0 spiro atoms. The molecule has 0 fully saturated rings. The molecule has 0 aliphatic heterocycles. The Hall–Kier alpha value is -1.09. The lowest BCUT2D eigenvalue weighted by Gasteiger charge is -1.89. The fraction of sp³-hybridized carbons (Fsp3) is 0. The quantitative estimate of drug-likeness (QED) is 0.367. The van der Waals surface area contributed by atoms with Gasteiger partial charge in [0.15, 0.2) is 0 Å². The third-order valence-electron chi connectivity index (χ3n) is 1.47. The second kappa shape index (κ2) is 4.07. The molecule has 1 aromatic rings. The average Bonchev–Trinajstić information content (AvgIpc) is 2.04. The topological polar surface area (TPSA) is 34.2 Å². The van der Waals surface area contributed by atoms with Gasteiger partial charge in [0, 0.05) is 15.8 Å². The fourth-order valence-electron chi connectivity index (χ4n) is 0.889. The molecule has 0 aromatic heterocycles. The SMILES string of the molecule is C=c1cccc(Br)/c1=C/C=[NH+]/O. The number of halogens is 1. The summed E-state index contributed by atoms with van der Waals surface area (Å²) in [5.74, 6) is 0. The minimum absolute atomic E-state index is 0.913. The van der Waals surface area contributed by atoms with E-state index in [0.29, 0.717) is 0 Å². The van der Waals surface area contributed by atoms with E-state index < -0.39 is 0 Å². The lowest BCUT2D eigenvalue weighted by molar-refractivity contribution is -0.733. The molecule has 62 valence electrons. The van der Waals surface area contributed by atoms with Crippen LogP contribution in [0.1, 0.15) is 0 Å². The Morgan fingerprint density at radius 1 is 1.50 bits per heavy atom. The summed E-state index contributed by atoms with van der Waals surface area (Å²) in [6.45, 7) is 3.84. The van der Waals surface area contributed by atoms with Crippen LogP contribution in [0.15, 0.2) is 22.7 Å². The van der Waals surface area contributed by atoms with E-state index in [4.69, 9.17) is 5.21 Å². The highest BCUT2D eigenvalue weighted by atomic mass is 79.9. The Labute approximate surface area is 78.7 Å². The molecule has 0 aliphatic rings. The highest BCUT2D eigenvalue weighted by molar-refractivity contribution is 9.10. The van der Waals surface area contributed by atoms with Crippen molar-refractivity contribution in [1.29, 1.82) is 0 Å². The van der Waals surface area contributed by atoms with E-state index in [9.17, 15) is 0 Å². The number of hydrogen-bond donors (Lipinski definition) is 2. The molecule has 0 radical (unpaired) electrons. The molecule has 0 bridgehead atoms. The van der Waals surface area contributed by atoms with E-state index in [-0.39, 0.29) is 0 Å². The Balaban J connectivity index is 3.41. The average molecular weight is 227 g/mol. The molecule has 1 aromatic carbocycles. The van der Waals surface area contributed by atoms with Gasteiger partial charge in [0.25, 0.3) is 0 Å². The molecular weight excluding hydrogens is 218 g/mol. The van der Waals surface area contributed by atoms with E-state index in [1.54, 1.807) is 6.08 Å². The first-order valence-corrected chi connectivity index (χ1v) is 4.21. The third kappa shape index (κ3) is 1.95. The highest BCUT2D eigenvalue weighted by Gasteiger charge is 1.89. The summed E-state index contributed by atoms with van der Waals surface area (Å²) in [6.07, 6.45) is 3.18. The number of rotatable bonds is 1. The predicted molar refractivity (Wildman–Crippen MR) is 52.2 cm³/mol. The minimum Gasteiger partial charge on any atom is -0.293 e. The second-order valence-electron chi connectivity index (χ2n) is 2.28. The van der Waals surface area contributed by atoms with Crippen LogP contribution >= 0.6 is 15.9 Å². The lowest BCUT2D eigenvalue weighted by Crippen LogP contribution is -2.63. The number of hydrogen-bond acceptors (Lipinski definition) is 1. The monoisotopic (exact) mass is 226 g/mol. The lowest BCUT2D eigenvalue weighted by atomic mass is 10.2. The molecule has 12 heavy (non-hydrogen) atoms. The van der Waals surface area contributed by atoms with Crippen LogP contribution in [0, 0.1) is 0 Å². The second-order valence-corrected chi connectivity index (χ2v) is 3.13. The fourth-order valence-corrected chi connectivity index (χ4v) is 1.43. The minimum atomic E-state index is 0.913. The van der Waals surface area contributed by atoms with Crippen molar-refractivity contribution >= 4 is 34.8 Å². The van der Waals surface area contributed by atoms with Crippen LogP contribution in [0.2, 0.25) is 0 Å². The summed E-state index contributed by atoms with van der Waals surface area (Å²) < 4.78 is 0.960. The molecule has 0 aliphatic carbocycles. The van der Waals surface area contributed by atoms with Crippen molar-refractivity contribution in [2.45, 2.75) is 0 Å². The molecule has 0 atom stereocenters. The first-order chi connectivity index (χ1) is 5.75. The molecule has 1 rings (SSSR count). The highest BCUT2D eigenvalue weighted by Crippen LogP contribution is 1.97. The van der Waals surface area contributed by atoms with Gasteiger partial charge in [-0.25, -0.2) is 0 Å². The van der Waals surface area contributed by atoms with Crippen molar-refractivity contribution in [3.8, 4) is 0 Å². The Kier molecular flexibility index (Phi) is 3.05. The van der Waals surface area contributed by atoms with Crippen LogP contribution in [0.4, 0.5) is 0 Å². The Morgan fingerprint density at radius 2 is 2.25 bits per heavy atom. The van der Waals surface area contributed by atoms with Gasteiger partial charge >= 0.3 is 0 Å². The van der Waals surface area contributed by atoms with Crippen LogP contribution in [0.25, 0.3) is 12.7 Å². The van der Waals surface area contributed by atoms with Gasteiger partial charge in [-0.15, -0.1) is 0 Å². The van der Waals surface area contributed by atoms with Crippen LogP contribution in [0.3, 0.4) is 0 Å². The maximum Gasteiger partial charge on any atom is 0.213 e. The van der Waals surface area contributed by atoms with Crippen LogP contribution in [0.5, 0.6) is 0 Å². The molecule has 0 heterocycles. The van der Waals surface area contributed by atoms with Gasteiger partial charge in [-0.05, 0) is 16.4 Å². The standard InChI is InChI=1S/C9H8BrNO/c1-7-3-2-4-9(10)8(7)5-6-11-12/h2-6,12H,1H2/p+1/b8-5+,11-6+. The van der Waals surface area contributed by atoms with Gasteiger partial charge in [-0.3, -0.25) is 5.21 Å². The number of nitrogens with one attached hydrogen (secondary N) is 1. The van der Waals surface area contributed by atoms with Crippen molar-refractivity contribution in [2.75, 3.05) is 0 Å². The van der Waals surface area contributed by atoms with Crippen LogP contribution in [-0.2, 0) is 0 Å². The molecule has 2 N–H and O–H groups in total. The zero-order chi connectivity index (χ0) is 8.97. The molecule has 0 unspecified atom stereocenters. The van der Waals surface area contributed by atoms with E-state index in [1.807, 2.05) is 23.4 Å². The number of benzene rings is 1. The predicted octanol–water partition coefficient (Wildman–Crippen LogP) is -0.819. The van der Waals surface area contributed by atoms with Crippen LogP contribution < -0.4 is 15.6 Å². The molecule has 2 nitrogen and oxygen atoms in total. The van der Waals surface area contributed by atoms with Crippen molar-refractivity contribution in [1.82, 2.24) is 0 Å². The summed E-state index contributed by atoms with van der Waals surface area (Å²) in [4.78, 5) is 0. The van der Waals surface area contributed by atoms with E-state index in [2.05, 4.69) is 22.5 Å². The molecule has 3 heteroatoms. The maximum atomic E-state index is 8.34. The van der Waals surface area contributed by atoms with Gasteiger partial charge in [0.05, 0.1) is 0 Å². The first-order valence-electron chi connectivity index (χ1n) is 3.42. The largest absolute Gasteiger partial charge is 0.293 e. The van der Waals surface area contributed by atoms with Gasteiger partial charge in [-0.1, -0.05) is 34.6 Å². The zero-order valence-corrected chi connectivity index (χ0v) is 8.01. The zero-order valence-electron chi connectivity index (χ0n) is 6.42. The van der Waals surface area contributed by atoms with E-state index in [1.165, 1.54) is 6.21 Å². The van der Waals surface area contributed by atoms with E-state index in [0.717, 1.165) is 14.9 Å². The van der Waals surface area contributed by atoms with Crippen molar-refractivity contribution in [3.05, 3.63) is 33.1 Å². The van der Waals surface area contributed by atoms with Crippen molar-refractivity contribution in [2.24, 2.45) is 0 Å². The smallest absolute Gasteiger partial charge is 0.213 e. The first kappa shape index (κ1) is 9.00. The Bertz CT molecular complexity index is 397. The molecular formula is C9H9BrNO+. The molecule has 0 amide bonds. The van der Waals surface area contributed by atoms with Gasteiger partial charge < -0.3 is 0 Å². The van der Waals surface area contributed by atoms with E-state index >= 15 is 0 Å². The van der Waals surface area contributed by atoms with Gasteiger partial charge in [-0.2, -0.15) is 0 Å². The van der Waals surface area contributed by atoms with Crippen LogP contribution in [-0.4, -0.2) is 11.4 Å². The summed E-state index contributed by atoms with van der Waals surface area (Å²) in [6, 6.07) is 5.74. The van der Waals surface area contributed by atoms with Gasteiger partial charge in [0.2, 0.25) is 6.21 Å². The maximum absolute atomic E-state index is 8.34. The molecule has 0 saturated heterocycles. The van der Waals surface area contributed by atoms with Crippen molar-refractivity contribution < 1.29 is 10.4 Å². The van der Waals surface area contributed by atoms with Crippen molar-refractivity contribution in [3.63, 3.8) is 0 Å².